The Kier molecular flexibility index (Phi) is 5.03. The van der Waals surface area contributed by atoms with Gasteiger partial charge in [0.15, 0.2) is 5.76 Å². The first kappa shape index (κ1) is 18.5. The summed E-state index contributed by atoms with van der Waals surface area (Å²) in [7, 11) is 0. The Morgan fingerprint density at radius 1 is 1.04 bits per heavy atom. The number of hydrogen-bond acceptors (Lipinski definition) is 5. The number of anilines is 2. The summed E-state index contributed by atoms with van der Waals surface area (Å²) in [6, 6.07) is 20.7. The van der Waals surface area contributed by atoms with Crippen molar-refractivity contribution in [3.8, 4) is 11.1 Å². The van der Waals surface area contributed by atoms with Crippen molar-refractivity contribution in [2.24, 2.45) is 0 Å². The topological polar surface area (TPSA) is 68.3 Å². The summed E-state index contributed by atoms with van der Waals surface area (Å²) in [6.45, 7) is 0. The highest BCUT2D eigenvalue weighted by Crippen LogP contribution is 2.34. The number of nitrogens with one attached hydrogen (secondary N) is 1. The second-order valence-corrected chi connectivity index (χ2v) is 7.27. The van der Waals surface area contributed by atoms with Crippen molar-refractivity contribution in [3.05, 3.63) is 83.1 Å². The Labute approximate surface area is 171 Å². The smallest absolute Gasteiger partial charge is 0.231 e. The third-order valence-corrected chi connectivity index (χ3v) is 5.24. The van der Waals surface area contributed by atoms with E-state index in [2.05, 4.69) is 10.8 Å². The van der Waals surface area contributed by atoms with Gasteiger partial charge < -0.3 is 14.9 Å². The number of nitrogens with two attached hydrogens (primary N) is 1. The zero-order valence-corrected chi connectivity index (χ0v) is 16.6. The van der Waals surface area contributed by atoms with E-state index in [9.17, 15) is 4.79 Å². The van der Waals surface area contributed by atoms with Crippen LogP contribution in [0.15, 0.2) is 71.1 Å². The Morgan fingerprint density at radius 2 is 1.82 bits per heavy atom. The van der Waals surface area contributed by atoms with Crippen LogP contribution in [0.3, 0.4) is 0 Å². The van der Waals surface area contributed by atoms with Gasteiger partial charge in [-0.1, -0.05) is 53.9 Å². The van der Waals surface area contributed by atoms with Gasteiger partial charge in [-0.2, -0.15) is 0 Å². The van der Waals surface area contributed by atoms with Crippen molar-refractivity contribution in [1.29, 1.82) is 0 Å². The van der Waals surface area contributed by atoms with Crippen LogP contribution >= 0.6 is 23.5 Å². The van der Waals surface area contributed by atoms with Crippen molar-refractivity contribution in [1.82, 2.24) is 0 Å². The molecule has 1 aromatic heterocycles. The van der Waals surface area contributed by atoms with E-state index in [1.165, 1.54) is 11.9 Å². The van der Waals surface area contributed by atoms with Gasteiger partial charge in [0, 0.05) is 22.9 Å². The minimum absolute atomic E-state index is 0.109. The van der Waals surface area contributed by atoms with Gasteiger partial charge in [0.1, 0.15) is 5.58 Å². The third-order valence-electron chi connectivity index (χ3n) is 4.47. The fourth-order valence-electron chi connectivity index (χ4n) is 3.11. The average Bonchev–Trinajstić information content (AvgIpc) is 3.04. The molecule has 140 valence electrons. The van der Waals surface area contributed by atoms with Crippen molar-refractivity contribution < 1.29 is 9.21 Å². The minimum Gasteiger partial charge on any atom is -0.450 e. The van der Waals surface area contributed by atoms with Gasteiger partial charge in [-0.3, -0.25) is 4.79 Å². The van der Waals surface area contributed by atoms with Crippen LogP contribution in [0.1, 0.15) is 16.1 Å². The Morgan fingerprint density at radius 3 is 2.61 bits per heavy atom. The molecule has 0 saturated heterocycles. The molecule has 0 unspecified atom stereocenters. The Bertz CT molecular complexity index is 1190. The first-order chi connectivity index (χ1) is 13.6. The van der Waals surface area contributed by atoms with Crippen molar-refractivity contribution in [2.45, 2.75) is 0 Å². The van der Waals surface area contributed by atoms with E-state index in [-0.39, 0.29) is 11.5 Å². The molecule has 1 heterocycles. The van der Waals surface area contributed by atoms with E-state index < -0.39 is 0 Å². The van der Waals surface area contributed by atoms with Gasteiger partial charge in [-0.05, 0) is 47.5 Å². The van der Waals surface area contributed by atoms with Gasteiger partial charge >= 0.3 is 0 Å². The molecule has 0 aliphatic heterocycles. The molecule has 4 aromatic rings. The van der Waals surface area contributed by atoms with Crippen LogP contribution in [0.2, 0.25) is 5.02 Å². The number of carbonyl (C=O) groups is 1. The lowest BCUT2D eigenvalue weighted by molar-refractivity contribution is 0.101. The van der Waals surface area contributed by atoms with Crippen LogP contribution in [0, 0.1) is 0 Å². The number of carbonyl (C=O) groups excluding carboxylic acids is 1. The van der Waals surface area contributed by atoms with Crippen molar-refractivity contribution in [2.75, 3.05) is 16.7 Å². The molecular weight excluding hydrogens is 392 g/mol. The van der Waals surface area contributed by atoms with Crippen LogP contribution in [-0.2, 0) is 0 Å². The van der Waals surface area contributed by atoms with E-state index in [4.69, 9.17) is 21.8 Å². The molecule has 0 bridgehead atoms. The molecular formula is C22H17ClN2O2S. The summed E-state index contributed by atoms with van der Waals surface area (Å²) in [4.78, 5) is 12.9. The normalized spacial score (nSPS) is 10.9. The highest BCUT2D eigenvalue weighted by Gasteiger charge is 2.22. The molecule has 4 nitrogen and oxygen atoms in total. The lowest BCUT2D eigenvalue weighted by Crippen LogP contribution is -2.03. The zero-order valence-electron chi connectivity index (χ0n) is 15.0. The van der Waals surface area contributed by atoms with Gasteiger partial charge in [0.05, 0.1) is 10.7 Å². The maximum Gasteiger partial charge on any atom is 0.231 e. The van der Waals surface area contributed by atoms with Crippen LogP contribution in [0.4, 0.5) is 11.4 Å². The molecule has 0 fully saturated rings. The number of hydrogen-bond donors (Lipinski definition) is 2. The van der Waals surface area contributed by atoms with E-state index in [1.807, 2.05) is 42.7 Å². The maximum absolute atomic E-state index is 12.9. The van der Waals surface area contributed by atoms with Gasteiger partial charge in [0.25, 0.3) is 0 Å². The number of nitrogen functional groups attached to an aromatic ring is 1. The molecule has 28 heavy (non-hydrogen) atoms. The molecule has 0 atom stereocenters. The molecule has 3 aromatic carbocycles. The summed E-state index contributed by atoms with van der Waals surface area (Å²) in [5.74, 6) is -0.218. The van der Waals surface area contributed by atoms with Crippen LogP contribution < -0.4 is 10.5 Å². The van der Waals surface area contributed by atoms with E-state index in [0.29, 0.717) is 27.2 Å². The first-order valence-electron chi connectivity index (χ1n) is 8.59. The van der Waals surface area contributed by atoms with Gasteiger partial charge in [0.2, 0.25) is 5.78 Å². The fourth-order valence-corrected chi connectivity index (χ4v) is 3.70. The number of benzene rings is 3. The fraction of sp³-hybridized carbons (Fsp3) is 0.0455. The van der Waals surface area contributed by atoms with E-state index in [1.54, 1.807) is 24.3 Å². The molecule has 4 rings (SSSR count). The molecule has 6 heteroatoms. The lowest BCUT2D eigenvalue weighted by Gasteiger charge is -2.06. The predicted octanol–water partition coefficient (Wildman–Crippen LogP) is 6.26. The largest absolute Gasteiger partial charge is 0.450 e. The van der Waals surface area contributed by atoms with E-state index in [0.717, 1.165) is 16.8 Å². The predicted molar refractivity (Wildman–Crippen MR) is 118 cm³/mol. The van der Waals surface area contributed by atoms with Crippen molar-refractivity contribution in [3.63, 3.8) is 0 Å². The molecule has 0 radical (unpaired) electrons. The zero-order chi connectivity index (χ0) is 19.7. The quantitative estimate of drug-likeness (QED) is 0.301. The van der Waals surface area contributed by atoms with Crippen LogP contribution in [0.5, 0.6) is 0 Å². The Hall–Kier alpha value is -2.89. The highest BCUT2D eigenvalue weighted by molar-refractivity contribution is 7.99. The summed E-state index contributed by atoms with van der Waals surface area (Å²) in [5.41, 5.74) is 10.5. The minimum atomic E-state index is -0.327. The number of fused-ring (bicyclic) bond motifs is 1. The summed E-state index contributed by atoms with van der Waals surface area (Å²) >= 11 is 7.69. The molecule has 0 spiro atoms. The summed E-state index contributed by atoms with van der Waals surface area (Å²) < 4.78 is 9.08. The standard InChI is InChI=1S/C22H17ClN2O2S/c1-28-25-15-6-4-5-13(11-15)14-9-10-17-19(12-14)27-22(20(17)24)21(26)16-7-2-3-8-18(16)23/h2-12,25H,24H2,1H3. The van der Waals surface area contributed by atoms with E-state index >= 15 is 0 Å². The van der Waals surface area contributed by atoms with Gasteiger partial charge in [-0.25, -0.2) is 0 Å². The van der Waals surface area contributed by atoms with Crippen LogP contribution in [-0.4, -0.2) is 12.0 Å². The number of ketones is 1. The molecule has 0 aliphatic rings. The SMILES string of the molecule is CSNc1cccc(-c2ccc3c(N)c(C(=O)c4ccccc4Cl)oc3c2)c1. The molecule has 0 aliphatic carbocycles. The molecule has 0 saturated carbocycles. The average molecular weight is 409 g/mol. The first-order valence-corrected chi connectivity index (χ1v) is 10.2. The lowest BCUT2D eigenvalue weighted by atomic mass is 10.0. The van der Waals surface area contributed by atoms with Crippen molar-refractivity contribution >= 4 is 51.7 Å². The Balaban J connectivity index is 1.77. The van der Waals surface area contributed by atoms with Crippen LogP contribution in [0.25, 0.3) is 22.1 Å². The highest BCUT2D eigenvalue weighted by atomic mass is 35.5. The number of rotatable bonds is 5. The second kappa shape index (κ2) is 7.62. The monoisotopic (exact) mass is 408 g/mol. The molecule has 3 N–H and O–H groups in total. The maximum atomic E-state index is 12.9. The summed E-state index contributed by atoms with van der Waals surface area (Å²) in [6.07, 6.45) is 1.97. The second-order valence-electron chi connectivity index (χ2n) is 6.25. The molecule has 0 amide bonds. The number of furan rings is 1. The van der Waals surface area contributed by atoms with Gasteiger partial charge in [-0.15, -0.1) is 0 Å². The number of halogens is 1. The third kappa shape index (κ3) is 3.35. The summed E-state index contributed by atoms with van der Waals surface area (Å²) in [5, 5.41) is 1.07.